The van der Waals surface area contributed by atoms with Crippen molar-refractivity contribution in [2.24, 2.45) is 11.8 Å². The number of ether oxygens (including phenoxy) is 1. The molecule has 2 aliphatic rings. The summed E-state index contributed by atoms with van der Waals surface area (Å²) in [6.45, 7) is 3.55. The minimum atomic E-state index is -4.33. The number of rotatable bonds is 6. The molecule has 1 unspecified atom stereocenters. The first kappa shape index (κ1) is 24.4. The lowest BCUT2D eigenvalue weighted by molar-refractivity contribution is -0.137. The van der Waals surface area contributed by atoms with Crippen molar-refractivity contribution in [3.05, 3.63) is 64.7 Å². The zero-order chi connectivity index (χ0) is 23.5. The van der Waals surface area contributed by atoms with E-state index in [0.29, 0.717) is 29.2 Å². The van der Waals surface area contributed by atoms with Crippen molar-refractivity contribution in [1.82, 2.24) is 4.90 Å². The van der Waals surface area contributed by atoms with Crippen molar-refractivity contribution < 1.29 is 23.0 Å². The highest BCUT2D eigenvalue weighted by Crippen LogP contribution is 2.40. The van der Waals surface area contributed by atoms with Crippen molar-refractivity contribution in [3.8, 4) is 5.75 Å². The van der Waals surface area contributed by atoms with Gasteiger partial charge in [-0.2, -0.15) is 13.2 Å². The fourth-order valence-electron chi connectivity index (χ4n) is 5.16. The van der Waals surface area contributed by atoms with Crippen LogP contribution in [0.15, 0.2) is 48.5 Å². The maximum Gasteiger partial charge on any atom is 0.416 e. The monoisotopic (exact) mass is 481 g/mol. The molecule has 0 bridgehead atoms. The van der Waals surface area contributed by atoms with E-state index in [1.807, 2.05) is 24.3 Å². The number of aliphatic hydroxyl groups is 1. The fraction of sp³-hybridized carbons (Fsp3) is 0.538. The first-order chi connectivity index (χ1) is 15.7. The van der Waals surface area contributed by atoms with Crippen LogP contribution >= 0.6 is 11.6 Å². The van der Waals surface area contributed by atoms with Crippen LogP contribution in [-0.2, 0) is 11.8 Å². The van der Waals surface area contributed by atoms with Crippen molar-refractivity contribution in [3.63, 3.8) is 0 Å². The van der Waals surface area contributed by atoms with Gasteiger partial charge in [0.15, 0.2) is 0 Å². The lowest BCUT2D eigenvalue weighted by Gasteiger charge is -2.40. The summed E-state index contributed by atoms with van der Waals surface area (Å²) in [5.41, 5.74) is -0.473. The highest BCUT2D eigenvalue weighted by atomic mass is 35.5. The molecule has 2 aromatic carbocycles. The fourth-order valence-corrected chi connectivity index (χ4v) is 5.29. The normalized spacial score (nSPS) is 26.8. The molecule has 7 heteroatoms. The minimum Gasteiger partial charge on any atom is -0.493 e. The number of likely N-dealkylation sites (tertiary alicyclic amines) is 1. The Balaban J connectivity index is 1.23. The average molecular weight is 482 g/mol. The molecule has 33 heavy (non-hydrogen) atoms. The third-order valence-electron chi connectivity index (χ3n) is 7.10. The van der Waals surface area contributed by atoms with Crippen LogP contribution in [0, 0.1) is 11.8 Å². The lowest BCUT2D eigenvalue weighted by atomic mass is 9.75. The maximum absolute atomic E-state index is 12.7. The molecule has 0 amide bonds. The summed E-state index contributed by atoms with van der Waals surface area (Å²) in [7, 11) is 0. The standard InChI is InChI=1S/C26H31ClF3NO2/c27-23-7-3-21(4-8-23)25(32)13-11-19(12-14-25)16-31-15-1-2-20(17-31)18-33-24-9-5-22(6-10-24)26(28,29)30/h3-10,19-20,32H,1-2,11-18H2. The van der Waals surface area contributed by atoms with Gasteiger partial charge in [0, 0.05) is 24.0 Å². The molecular formula is C26H31ClF3NO2. The van der Waals surface area contributed by atoms with Gasteiger partial charge < -0.3 is 14.7 Å². The first-order valence-corrected chi connectivity index (χ1v) is 12.1. The summed E-state index contributed by atoms with van der Waals surface area (Å²) in [5, 5.41) is 11.8. The van der Waals surface area contributed by atoms with E-state index in [0.717, 1.165) is 75.9 Å². The number of alkyl halides is 3. The maximum atomic E-state index is 12.7. The third kappa shape index (κ3) is 6.43. The van der Waals surface area contributed by atoms with E-state index < -0.39 is 17.3 Å². The van der Waals surface area contributed by atoms with Gasteiger partial charge in [-0.1, -0.05) is 23.7 Å². The van der Waals surface area contributed by atoms with E-state index in [2.05, 4.69) is 4.90 Å². The summed E-state index contributed by atoms with van der Waals surface area (Å²) < 4.78 is 43.9. The van der Waals surface area contributed by atoms with Gasteiger partial charge in [-0.3, -0.25) is 0 Å². The number of benzene rings is 2. The third-order valence-corrected chi connectivity index (χ3v) is 7.35. The Morgan fingerprint density at radius 2 is 1.64 bits per heavy atom. The van der Waals surface area contributed by atoms with Gasteiger partial charge >= 0.3 is 6.18 Å². The quantitative estimate of drug-likeness (QED) is 0.509. The smallest absolute Gasteiger partial charge is 0.416 e. The number of hydrogen-bond donors (Lipinski definition) is 1. The van der Waals surface area contributed by atoms with Crippen molar-refractivity contribution in [1.29, 1.82) is 0 Å². The molecule has 1 heterocycles. The predicted octanol–water partition coefficient (Wildman–Crippen LogP) is 6.53. The van der Waals surface area contributed by atoms with Gasteiger partial charge in [-0.15, -0.1) is 0 Å². The Labute approximate surface area is 198 Å². The van der Waals surface area contributed by atoms with Crippen LogP contribution in [0.2, 0.25) is 5.02 Å². The summed E-state index contributed by atoms with van der Waals surface area (Å²) in [6.07, 6.45) is 1.33. The van der Waals surface area contributed by atoms with E-state index in [9.17, 15) is 18.3 Å². The highest BCUT2D eigenvalue weighted by Gasteiger charge is 2.35. The molecule has 0 spiro atoms. The Hall–Kier alpha value is -1.76. The van der Waals surface area contributed by atoms with Crippen LogP contribution in [0.3, 0.4) is 0 Å². The van der Waals surface area contributed by atoms with Crippen LogP contribution in [0.1, 0.15) is 49.7 Å². The van der Waals surface area contributed by atoms with E-state index in [-0.39, 0.29) is 0 Å². The van der Waals surface area contributed by atoms with E-state index in [1.54, 1.807) is 0 Å². The molecule has 4 rings (SSSR count). The second-order valence-corrected chi connectivity index (χ2v) is 10.0. The second-order valence-electron chi connectivity index (χ2n) is 9.58. The number of piperidine rings is 1. The van der Waals surface area contributed by atoms with Gasteiger partial charge in [-0.25, -0.2) is 0 Å². The molecule has 1 aliphatic carbocycles. The molecule has 1 saturated heterocycles. The zero-order valence-electron chi connectivity index (χ0n) is 18.7. The SMILES string of the molecule is OC1(c2ccc(Cl)cc2)CCC(CN2CCCC(COc3ccc(C(F)(F)F)cc3)C2)CC1. The number of nitrogens with zero attached hydrogens (tertiary/aromatic N) is 1. The van der Waals surface area contributed by atoms with Crippen molar-refractivity contribution in [2.75, 3.05) is 26.2 Å². The van der Waals surface area contributed by atoms with Crippen molar-refractivity contribution in [2.45, 2.75) is 50.3 Å². The largest absolute Gasteiger partial charge is 0.493 e. The zero-order valence-corrected chi connectivity index (χ0v) is 19.4. The topological polar surface area (TPSA) is 32.7 Å². The molecule has 1 atom stereocenters. The van der Waals surface area contributed by atoms with Gasteiger partial charge in [0.25, 0.3) is 0 Å². The summed E-state index contributed by atoms with van der Waals surface area (Å²) in [5.74, 6) is 1.41. The molecule has 1 N–H and O–H groups in total. The van der Waals surface area contributed by atoms with Gasteiger partial charge in [0.05, 0.1) is 17.8 Å². The molecule has 2 fully saturated rings. The Morgan fingerprint density at radius 1 is 0.970 bits per heavy atom. The molecule has 1 aliphatic heterocycles. The van der Waals surface area contributed by atoms with E-state index in [4.69, 9.17) is 16.3 Å². The molecule has 1 saturated carbocycles. The van der Waals surface area contributed by atoms with Crippen molar-refractivity contribution >= 4 is 11.6 Å². The van der Waals surface area contributed by atoms with Gasteiger partial charge in [0.2, 0.25) is 0 Å². The van der Waals surface area contributed by atoms with Crippen LogP contribution in [0.4, 0.5) is 13.2 Å². The molecule has 0 aromatic heterocycles. The van der Waals surface area contributed by atoms with Crippen LogP contribution in [-0.4, -0.2) is 36.2 Å². The minimum absolute atomic E-state index is 0.371. The number of hydrogen-bond acceptors (Lipinski definition) is 3. The highest BCUT2D eigenvalue weighted by molar-refractivity contribution is 6.30. The van der Waals surface area contributed by atoms with E-state index >= 15 is 0 Å². The summed E-state index contributed by atoms with van der Waals surface area (Å²) >= 11 is 5.98. The van der Waals surface area contributed by atoms with Gasteiger partial charge in [-0.05, 0) is 92.9 Å². The Kier molecular flexibility index (Phi) is 7.56. The molecule has 3 nitrogen and oxygen atoms in total. The molecule has 2 aromatic rings. The van der Waals surface area contributed by atoms with E-state index in [1.165, 1.54) is 12.1 Å². The number of halogens is 4. The van der Waals surface area contributed by atoms with Crippen LogP contribution in [0.25, 0.3) is 0 Å². The Bertz CT molecular complexity index is 893. The predicted molar refractivity (Wildman–Crippen MR) is 123 cm³/mol. The average Bonchev–Trinajstić information content (AvgIpc) is 2.80. The molecule has 180 valence electrons. The van der Waals surface area contributed by atoms with Crippen LogP contribution < -0.4 is 4.74 Å². The molecule has 0 radical (unpaired) electrons. The van der Waals surface area contributed by atoms with Gasteiger partial charge in [0.1, 0.15) is 5.75 Å². The second kappa shape index (κ2) is 10.2. The Morgan fingerprint density at radius 3 is 2.27 bits per heavy atom. The van der Waals surface area contributed by atoms with Crippen LogP contribution in [0.5, 0.6) is 5.75 Å². The first-order valence-electron chi connectivity index (χ1n) is 11.7. The summed E-state index contributed by atoms with van der Waals surface area (Å²) in [4.78, 5) is 2.49. The lowest BCUT2D eigenvalue weighted by Crippen LogP contribution is -2.42. The summed E-state index contributed by atoms with van der Waals surface area (Å²) in [6, 6.07) is 12.4. The molecular weight excluding hydrogens is 451 g/mol.